The fourth-order valence-electron chi connectivity index (χ4n) is 3.82. The number of aryl methyl sites for hydroxylation is 1. The van der Waals surface area contributed by atoms with Gasteiger partial charge in [-0.05, 0) is 37.0 Å². The summed E-state index contributed by atoms with van der Waals surface area (Å²) in [4.78, 5) is 19.1. The van der Waals surface area contributed by atoms with Gasteiger partial charge in [0.15, 0.2) is 0 Å². The molecule has 1 unspecified atom stereocenters. The van der Waals surface area contributed by atoms with Gasteiger partial charge in [0.2, 0.25) is 0 Å². The molecule has 4 rings (SSSR count). The van der Waals surface area contributed by atoms with Gasteiger partial charge >= 0.3 is 6.03 Å². The van der Waals surface area contributed by atoms with Crippen LogP contribution < -0.4 is 5.32 Å². The molecule has 0 aliphatic carbocycles. The zero-order valence-electron chi connectivity index (χ0n) is 16.2. The van der Waals surface area contributed by atoms with Crippen molar-refractivity contribution in [2.75, 3.05) is 18.4 Å². The molecular formula is C23H26N4O. The van der Waals surface area contributed by atoms with E-state index < -0.39 is 0 Å². The number of carbonyl (C=O) groups excluding carboxylic acids is 1. The Morgan fingerprint density at radius 3 is 2.57 bits per heavy atom. The molecule has 2 amide bonds. The van der Waals surface area contributed by atoms with Crippen LogP contribution in [-0.4, -0.2) is 33.6 Å². The van der Waals surface area contributed by atoms with E-state index in [4.69, 9.17) is 0 Å². The zero-order valence-corrected chi connectivity index (χ0v) is 16.2. The Morgan fingerprint density at radius 2 is 1.82 bits per heavy atom. The average Bonchev–Trinajstić information content (AvgIpc) is 3.32. The number of para-hydroxylation sites is 1. The van der Waals surface area contributed by atoms with Crippen LogP contribution in [0.15, 0.2) is 66.9 Å². The molecule has 0 saturated carbocycles. The molecule has 144 valence electrons. The molecule has 1 aliphatic heterocycles. The van der Waals surface area contributed by atoms with E-state index in [1.165, 1.54) is 11.3 Å². The lowest BCUT2D eigenvalue weighted by Gasteiger charge is -2.18. The van der Waals surface area contributed by atoms with E-state index in [1.807, 2.05) is 47.5 Å². The Balaban J connectivity index is 1.37. The van der Waals surface area contributed by atoms with Gasteiger partial charge in [-0.25, -0.2) is 9.78 Å². The van der Waals surface area contributed by atoms with E-state index in [2.05, 4.69) is 46.1 Å². The molecule has 5 heteroatoms. The van der Waals surface area contributed by atoms with Crippen LogP contribution in [0, 0.1) is 12.8 Å². The van der Waals surface area contributed by atoms with Crippen LogP contribution in [0.3, 0.4) is 0 Å². The molecule has 5 nitrogen and oxygen atoms in total. The zero-order chi connectivity index (χ0) is 19.3. The predicted molar refractivity (Wildman–Crippen MR) is 111 cm³/mol. The monoisotopic (exact) mass is 374 g/mol. The molecule has 0 spiro atoms. The van der Waals surface area contributed by atoms with E-state index in [-0.39, 0.29) is 6.03 Å². The number of nitrogens with zero attached hydrogens (tertiary/aromatic N) is 3. The summed E-state index contributed by atoms with van der Waals surface area (Å²) in [5.74, 6) is 1.55. The van der Waals surface area contributed by atoms with Crippen molar-refractivity contribution >= 4 is 11.7 Å². The molecule has 0 radical (unpaired) electrons. The van der Waals surface area contributed by atoms with E-state index in [1.54, 1.807) is 0 Å². The highest BCUT2D eigenvalue weighted by Crippen LogP contribution is 2.22. The fourth-order valence-corrected chi connectivity index (χ4v) is 3.82. The standard InChI is InChI=1S/C23H26N4O/c1-18-15-24-22(27(18)17-19-8-4-2-5-9-19)14-20-12-13-26(16-20)23(28)25-21-10-6-3-7-11-21/h2-11,15,20H,12-14,16-17H2,1H3,(H,25,28). The number of nitrogens with one attached hydrogen (secondary N) is 1. The molecule has 3 aromatic rings. The highest BCUT2D eigenvalue weighted by molar-refractivity contribution is 5.89. The SMILES string of the molecule is Cc1cnc(CC2CCN(C(=O)Nc3ccccc3)C2)n1Cc1ccccc1. The Labute approximate surface area is 166 Å². The topological polar surface area (TPSA) is 50.2 Å². The van der Waals surface area contributed by atoms with Gasteiger partial charge in [-0.15, -0.1) is 0 Å². The van der Waals surface area contributed by atoms with E-state index in [0.29, 0.717) is 5.92 Å². The number of hydrogen-bond donors (Lipinski definition) is 1. The summed E-state index contributed by atoms with van der Waals surface area (Å²) in [6.45, 7) is 4.51. The number of likely N-dealkylation sites (tertiary alicyclic amines) is 1. The van der Waals surface area contributed by atoms with Gasteiger partial charge in [0.25, 0.3) is 0 Å². The highest BCUT2D eigenvalue weighted by Gasteiger charge is 2.27. The molecule has 28 heavy (non-hydrogen) atoms. The summed E-state index contributed by atoms with van der Waals surface area (Å²) in [6, 6.07) is 20.1. The van der Waals surface area contributed by atoms with E-state index in [0.717, 1.165) is 44.0 Å². The first-order chi connectivity index (χ1) is 13.7. The van der Waals surface area contributed by atoms with Crippen LogP contribution in [0.5, 0.6) is 0 Å². The molecule has 2 aromatic carbocycles. The van der Waals surface area contributed by atoms with Gasteiger partial charge in [-0.2, -0.15) is 0 Å². The van der Waals surface area contributed by atoms with Crippen molar-refractivity contribution in [1.82, 2.24) is 14.5 Å². The van der Waals surface area contributed by atoms with Crippen LogP contribution in [0.25, 0.3) is 0 Å². The third-order valence-corrected chi connectivity index (χ3v) is 5.39. The Hall–Kier alpha value is -3.08. The van der Waals surface area contributed by atoms with Crippen molar-refractivity contribution in [3.05, 3.63) is 83.9 Å². The van der Waals surface area contributed by atoms with Crippen LogP contribution in [0.2, 0.25) is 0 Å². The summed E-state index contributed by atoms with van der Waals surface area (Å²) in [5.41, 5.74) is 3.29. The number of hydrogen-bond acceptors (Lipinski definition) is 2. The third kappa shape index (κ3) is 4.25. The Kier molecular flexibility index (Phi) is 5.42. The second-order valence-electron chi connectivity index (χ2n) is 7.49. The van der Waals surface area contributed by atoms with Gasteiger partial charge < -0.3 is 14.8 Å². The number of carbonyl (C=O) groups is 1. The summed E-state index contributed by atoms with van der Waals surface area (Å²) >= 11 is 0. The van der Waals surface area contributed by atoms with Gasteiger partial charge in [0.1, 0.15) is 5.82 Å². The minimum absolute atomic E-state index is 0.0162. The number of anilines is 1. The van der Waals surface area contributed by atoms with Crippen molar-refractivity contribution in [3.8, 4) is 0 Å². The summed E-state index contributed by atoms with van der Waals surface area (Å²) in [5, 5.41) is 2.98. The summed E-state index contributed by atoms with van der Waals surface area (Å²) < 4.78 is 2.29. The molecule has 1 aliphatic rings. The largest absolute Gasteiger partial charge is 0.328 e. The molecule has 2 heterocycles. The second kappa shape index (κ2) is 8.30. The molecule has 0 bridgehead atoms. The predicted octanol–water partition coefficient (Wildman–Crippen LogP) is 4.34. The van der Waals surface area contributed by atoms with Gasteiger partial charge in [0, 0.05) is 43.6 Å². The van der Waals surface area contributed by atoms with Crippen molar-refractivity contribution in [2.45, 2.75) is 26.3 Å². The summed E-state index contributed by atoms with van der Waals surface area (Å²) in [7, 11) is 0. The molecular weight excluding hydrogens is 348 g/mol. The minimum atomic E-state index is -0.0162. The highest BCUT2D eigenvalue weighted by atomic mass is 16.2. The molecule has 1 N–H and O–H groups in total. The molecule has 1 fully saturated rings. The van der Waals surface area contributed by atoms with E-state index in [9.17, 15) is 4.79 Å². The Bertz CT molecular complexity index is 920. The van der Waals surface area contributed by atoms with Crippen LogP contribution >= 0.6 is 0 Å². The van der Waals surface area contributed by atoms with Crippen LogP contribution in [0.1, 0.15) is 23.5 Å². The normalized spacial score (nSPS) is 16.3. The van der Waals surface area contributed by atoms with Crippen LogP contribution in [-0.2, 0) is 13.0 Å². The quantitative estimate of drug-likeness (QED) is 0.722. The number of benzene rings is 2. The van der Waals surface area contributed by atoms with Crippen LogP contribution in [0.4, 0.5) is 10.5 Å². The van der Waals surface area contributed by atoms with Gasteiger partial charge in [-0.1, -0.05) is 48.5 Å². The lowest BCUT2D eigenvalue weighted by Crippen LogP contribution is -2.33. The maximum absolute atomic E-state index is 12.5. The molecule has 1 aromatic heterocycles. The number of aromatic nitrogens is 2. The number of urea groups is 1. The summed E-state index contributed by atoms with van der Waals surface area (Å²) in [6.07, 6.45) is 3.86. The molecule has 1 saturated heterocycles. The smallest absolute Gasteiger partial charge is 0.321 e. The first kappa shape index (κ1) is 18.3. The average molecular weight is 374 g/mol. The molecule has 1 atom stereocenters. The third-order valence-electron chi connectivity index (χ3n) is 5.39. The minimum Gasteiger partial charge on any atom is -0.328 e. The number of amides is 2. The van der Waals surface area contributed by atoms with Gasteiger partial charge in [-0.3, -0.25) is 0 Å². The van der Waals surface area contributed by atoms with E-state index >= 15 is 0 Å². The number of rotatable bonds is 5. The maximum atomic E-state index is 12.5. The maximum Gasteiger partial charge on any atom is 0.321 e. The van der Waals surface area contributed by atoms with Crippen molar-refractivity contribution in [1.29, 1.82) is 0 Å². The Morgan fingerprint density at radius 1 is 1.11 bits per heavy atom. The second-order valence-corrected chi connectivity index (χ2v) is 7.49. The van der Waals surface area contributed by atoms with Crippen molar-refractivity contribution in [3.63, 3.8) is 0 Å². The first-order valence-corrected chi connectivity index (χ1v) is 9.85. The van der Waals surface area contributed by atoms with Gasteiger partial charge in [0.05, 0.1) is 0 Å². The fraction of sp³-hybridized carbons (Fsp3) is 0.304. The first-order valence-electron chi connectivity index (χ1n) is 9.85. The number of imidazole rings is 1. The lowest BCUT2D eigenvalue weighted by molar-refractivity contribution is 0.220. The lowest BCUT2D eigenvalue weighted by atomic mass is 10.0. The van der Waals surface area contributed by atoms with Crippen molar-refractivity contribution in [2.24, 2.45) is 5.92 Å². The van der Waals surface area contributed by atoms with Crippen molar-refractivity contribution < 1.29 is 4.79 Å².